The molecule has 2 unspecified atom stereocenters. The Morgan fingerprint density at radius 3 is 2.48 bits per heavy atom. The number of carbonyl (C=O) groups excluding carboxylic acids is 1. The predicted molar refractivity (Wildman–Crippen MR) is 102 cm³/mol. The zero-order chi connectivity index (χ0) is 20.1. The van der Waals surface area contributed by atoms with Gasteiger partial charge in [-0.3, -0.25) is 19.8 Å². The van der Waals surface area contributed by atoms with E-state index in [9.17, 15) is 19.3 Å². The quantitative estimate of drug-likeness (QED) is 0.568. The number of likely N-dealkylation sites (N-methyl/N-ethyl adjacent to an activating group) is 1. The van der Waals surface area contributed by atoms with Gasteiger partial charge in [-0.05, 0) is 50.2 Å². The molecular formula is C19H21ClFN3O3. The van der Waals surface area contributed by atoms with Crippen LogP contribution in [0.25, 0.3) is 0 Å². The molecule has 2 aromatic rings. The van der Waals surface area contributed by atoms with Crippen molar-refractivity contribution in [3.05, 3.63) is 74.5 Å². The van der Waals surface area contributed by atoms with Crippen LogP contribution in [0, 0.1) is 15.9 Å². The lowest BCUT2D eigenvalue weighted by Crippen LogP contribution is -2.43. The Balaban J connectivity index is 2.02. The summed E-state index contributed by atoms with van der Waals surface area (Å²) >= 11 is 6.13. The summed E-state index contributed by atoms with van der Waals surface area (Å²) in [7, 11) is 1.74. The lowest BCUT2D eigenvalue weighted by Gasteiger charge is -2.26. The lowest BCUT2D eigenvalue weighted by atomic mass is 10.1. The Bertz CT molecular complexity index is 829. The van der Waals surface area contributed by atoms with Crippen LogP contribution in [0.1, 0.15) is 31.0 Å². The van der Waals surface area contributed by atoms with E-state index in [1.54, 1.807) is 31.0 Å². The molecule has 0 saturated heterocycles. The van der Waals surface area contributed by atoms with Crippen molar-refractivity contribution in [1.82, 2.24) is 10.2 Å². The number of nitrogens with one attached hydrogen (secondary N) is 1. The summed E-state index contributed by atoms with van der Waals surface area (Å²) in [5.74, 6) is -0.546. The van der Waals surface area contributed by atoms with Crippen LogP contribution in [-0.4, -0.2) is 28.8 Å². The molecule has 6 nitrogen and oxygen atoms in total. The van der Waals surface area contributed by atoms with Crippen molar-refractivity contribution >= 4 is 23.2 Å². The second-order valence-electron chi connectivity index (χ2n) is 6.41. The fraction of sp³-hybridized carbons (Fsp3) is 0.316. The average Bonchev–Trinajstić information content (AvgIpc) is 2.62. The summed E-state index contributed by atoms with van der Waals surface area (Å²) < 4.78 is 13.0. The number of amides is 1. The molecule has 0 radical (unpaired) electrons. The van der Waals surface area contributed by atoms with Gasteiger partial charge < -0.3 is 5.32 Å². The first-order valence-electron chi connectivity index (χ1n) is 8.38. The first kappa shape index (κ1) is 20.8. The van der Waals surface area contributed by atoms with E-state index in [1.807, 2.05) is 6.92 Å². The van der Waals surface area contributed by atoms with E-state index >= 15 is 0 Å². The Hall–Kier alpha value is -2.51. The number of rotatable bonds is 7. The van der Waals surface area contributed by atoms with Crippen molar-refractivity contribution in [2.45, 2.75) is 32.5 Å². The van der Waals surface area contributed by atoms with Gasteiger partial charge in [-0.1, -0.05) is 23.7 Å². The van der Waals surface area contributed by atoms with Crippen LogP contribution in [0.5, 0.6) is 0 Å². The molecule has 2 rings (SSSR count). The van der Waals surface area contributed by atoms with Gasteiger partial charge in [-0.25, -0.2) is 4.39 Å². The SMILES string of the molecule is CC(NC(=O)C(C)N(C)Cc1cc([N+](=O)[O-])ccc1Cl)c1ccc(F)cc1. The molecule has 1 N–H and O–H groups in total. The van der Waals surface area contributed by atoms with Crippen LogP contribution in [-0.2, 0) is 11.3 Å². The predicted octanol–water partition coefficient (Wildman–Crippen LogP) is 4.09. The Labute approximate surface area is 162 Å². The van der Waals surface area contributed by atoms with Gasteiger partial charge >= 0.3 is 0 Å². The molecule has 0 aromatic heterocycles. The molecule has 0 aliphatic heterocycles. The number of nitrogens with zero attached hydrogens (tertiary/aromatic N) is 2. The van der Waals surface area contributed by atoms with Gasteiger partial charge in [0, 0.05) is 23.7 Å². The number of nitro groups is 1. The molecule has 2 atom stereocenters. The third kappa shape index (κ3) is 5.48. The number of non-ortho nitro benzene ring substituents is 1. The van der Waals surface area contributed by atoms with E-state index in [-0.39, 0.29) is 30.0 Å². The molecule has 0 bridgehead atoms. The number of carbonyl (C=O) groups is 1. The number of nitro benzene ring substituents is 1. The van der Waals surface area contributed by atoms with Crippen molar-refractivity contribution in [2.24, 2.45) is 0 Å². The van der Waals surface area contributed by atoms with Gasteiger partial charge in [0.2, 0.25) is 5.91 Å². The third-order valence-electron chi connectivity index (χ3n) is 4.43. The molecule has 0 aliphatic rings. The monoisotopic (exact) mass is 393 g/mol. The van der Waals surface area contributed by atoms with Crippen LogP contribution >= 0.6 is 11.6 Å². The topological polar surface area (TPSA) is 75.5 Å². The number of benzene rings is 2. The standard InChI is InChI=1S/C19H21ClFN3O3/c1-12(14-4-6-16(21)7-5-14)22-19(25)13(2)23(3)11-15-10-17(24(26)27)8-9-18(15)20/h4-10,12-13H,11H2,1-3H3,(H,22,25). The van der Waals surface area contributed by atoms with Crippen molar-refractivity contribution < 1.29 is 14.1 Å². The highest BCUT2D eigenvalue weighted by Crippen LogP contribution is 2.24. The molecule has 0 heterocycles. The Morgan fingerprint density at radius 2 is 1.89 bits per heavy atom. The minimum absolute atomic E-state index is 0.0511. The average molecular weight is 394 g/mol. The summed E-state index contributed by atoms with van der Waals surface area (Å²) in [6, 6.07) is 9.38. The van der Waals surface area contributed by atoms with Gasteiger partial charge in [0.05, 0.1) is 17.0 Å². The normalized spacial score (nSPS) is 13.3. The summed E-state index contributed by atoms with van der Waals surface area (Å²) in [5, 5.41) is 14.2. The van der Waals surface area contributed by atoms with Crippen LogP contribution in [0.2, 0.25) is 5.02 Å². The van der Waals surface area contributed by atoms with Crippen LogP contribution < -0.4 is 5.32 Å². The van der Waals surface area contributed by atoms with Gasteiger partial charge in [0.25, 0.3) is 5.69 Å². The fourth-order valence-electron chi connectivity index (χ4n) is 2.57. The van der Waals surface area contributed by atoms with E-state index in [0.717, 1.165) is 5.56 Å². The molecule has 1 amide bonds. The minimum Gasteiger partial charge on any atom is -0.348 e. The van der Waals surface area contributed by atoms with Crippen LogP contribution in [0.4, 0.5) is 10.1 Å². The summed E-state index contributed by atoms with van der Waals surface area (Å²) in [6.07, 6.45) is 0. The van der Waals surface area contributed by atoms with Crippen molar-refractivity contribution in [1.29, 1.82) is 0 Å². The zero-order valence-corrected chi connectivity index (χ0v) is 16.0. The largest absolute Gasteiger partial charge is 0.348 e. The molecule has 8 heteroatoms. The summed E-state index contributed by atoms with van der Waals surface area (Å²) in [5.41, 5.74) is 1.31. The van der Waals surface area contributed by atoms with Crippen LogP contribution in [0.15, 0.2) is 42.5 Å². The van der Waals surface area contributed by atoms with Crippen molar-refractivity contribution in [3.8, 4) is 0 Å². The Kier molecular flexibility index (Phi) is 6.87. The molecule has 0 aliphatic carbocycles. The van der Waals surface area contributed by atoms with Crippen LogP contribution in [0.3, 0.4) is 0 Å². The van der Waals surface area contributed by atoms with Crippen molar-refractivity contribution in [3.63, 3.8) is 0 Å². The van der Waals surface area contributed by atoms with Gasteiger partial charge in [-0.15, -0.1) is 0 Å². The highest BCUT2D eigenvalue weighted by molar-refractivity contribution is 6.31. The maximum atomic E-state index is 13.0. The molecule has 0 spiro atoms. The van der Waals surface area contributed by atoms with Gasteiger partial charge in [0.1, 0.15) is 5.82 Å². The molecular weight excluding hydrogens is 373 g/mol. The molecule has 0 fully saturated rings. The maximum Gasteiger partial charge on any atom is 0.269 e. The smallest absolute Gasteiger partial charge is 0.269 e. The molecule has 27 heavy (non-hydrogen) atoms. The Morgan fingerprint density at radius 1 is 1.26 bits per heavy atom. The molecule has 144 valence electrons. The zero-order valence-electron chi connectivity index (χ0n) is 15.3. The van der Waals surface area contributed by atoms with E-state index in [2.05, 4.69) is 5.32 Å². The minimum atomic E-state index is -0.497. The number of hydrogen-bond acceptors (Lipinski definition) is 4. The first-order chi connectivity index (χ1) is 12.7. The van der Waals surface area contributed by atoms with Gasteiger partial charge in [0.15, 0.2) is 0 Å². The fourth-order valence-corrected chi connectivity index (χ4v) is 2.75. The van der Waals surface area contributed by atoms with E-state index in [1.165, 1.54) is 30.3 Å². The second kappa shape index (κ2) is 8.92. The highest BCUT2D eigenvalue weighted by atomic mass is 35.5. The first-order valence-corrected chi connectivity index (χ1v) is 8.75. The lowest BCUT2D eigenvalue weighted by molar-refractivity contribution is -0.384. The highest BCUT2D eigenvalue weighted by Gasteiger charge is 2.21. The molecule has 0 saturated carbocycles. The third-order valence-corrected chi connectivity index (χ3v) is 4.80. The van der Waals surface area contributed by atoms with Crippen molar-refractivity contribution in [2.75, 3.05) is 7.05 Å². The summed E-state index contributed by atoms with van der Waals surface area (Å²) in [4.78, 5) is 24.7. The van der Waals surface area contributed by atoms with E-state index in [4.69, 9.17) is 11.6 Å². The molecule has 2 aromatic carbocycles. The number of halogens is 2. The van der Waals surface area contributed by atoms with E-state index < -0.39 is 11.0 Å². The number of hydrogen-bond donors (Lipinski definition) is 1. The van der Waals surface area contributed by atoms with E-state index in [0.29, 0.717) is 10.6 Å². The summed E-state index contributed by atoms with van der Waals surface area (Å²) in [6.45, 7) is 3.83. The second-order valence-corrected chi connectivity index (χ2v) is 6.81. The maximum absolute atomic E-state index is 13.0. The van der Waals surface area contributed by atoms with Gasteiger partial charge in [-0.2, -0.15) is 0 Å².